The molecule has 0 unspecified atom stereocenters. The zero-order chi connectivity index (χ0) is 42.6. The predicted octanol–water partition coefficient (Wildman–Crippen LogP) is 1.84. The molecule has 3 aromatic rings. The Kier molecular flexibility index (Phi) is 14.1. The molecule has 9 N–H and O–H groups in total. The van der Waals surface area contributed by atoms with Crippen LogP contribution >= 0.6 is 0 Å². The lowest BCUT2D eigenvalue weighted by Crippen LogP contribution is -2.65. The molecule has 0 bridgehead atoms. The SMILES string of the molecule is CO[C@@H]1[C@@H](OC(N)=O)[C@@H](O)[C@H](Oc2ccc3c(O[C@@H]4O[C@H](CO)[C@@H](CO)[C@H](CO)[C@H]4CO)c(NC(=O)c4ccc(O)c(CC=C(C)C)c4)c(=O)oc3c2C)OC1(C)C. The third-order valence-electron chi connectivity index (χ3n) is 10.6. The van der Waals surface area contributed by atoms with Gasteiger partial charge in [-0.1, -0.05) is 11.6 Å². The van der Waals surface area contributed by atoms with Crippen molar-refractivity contribution in [2.24, 2.45) is 23.5 Å². The van der Waals surface area contributed by atoms with Crippen LogP contribution in [-0.2, 0) is 25.4 Å². The molecule has 0 saturated carbocycles. The van der Waals surface area contributed by atoms with Crippen LogP contribution in [0.2, 0.25) is 0 Å². The number of anilines is 1. The van der Waals surface area contributed by atoms with Gasteiger partial charge in [0.05, 0.1) is 36.2 Å². The van der Waals surface area contributed by atoms with Gasteiger partial charge in [0.25, 0.3) is 5.91 Å². The average molecular weight is 817 g/mol. The van der Waals surface area contributed by atoms with Crippen molar-refractivity contribution in [3.05, 3.63) is 69.1 Å². The first-order chi connectivity index (χ1) is 27.5. The van der Waals surface area contributed by atoms with Gasteiger partial charge in [-0.3, -0.25) is 4.79 Å². The van der Waals surface area contributed by atoms with Crippen molar-refractivity contribution < 1.29 is 73.1 Å². The van der Waals surface area contributed by atoms with E-state index in [1.165, 1.54) is 44.4 Å². The molecule has 318 valence electrons. The van der Waals surface area contributed by atoms with Gasteiger partial charge < -0.3 is 74.5 Å². The summed E-state index contributed by atoms with van der Waals surface area (Å²) in [5.74, 6) is -3.63. The Bertz CT molecular complexity index is 2040. The maximum absolute atomic E-state index is 14.0. The third kappa shape index (κ3) is 9.08. The minimum absolute atomic E-state index is 0.0384. The maximum Gasteiger partial charge on any atom is 0.404 e. The van der Waals surface area contributed by atoms with Gasteiger partial charge in [-0.2, -0.15) is 0 Å². The van der Waals surface area contributed by atoms with Gasteiger partial charge in [-0.25, -0.2) is 9.59 Å². The monoisotopic (exact) mass is 816 g/mol. The van der Waals surface area contributed by atoms with Crippen LogP contribution in [0.5, 0.6) is 17.2 Å². The highest BCUT2D eigenvalue weighted by Gasteiger charge is 2.53. The number of rotatable bonds is 14. The van der Waals surface area contributed by atoms with Crippen molar-refractivity contribution in [1.29, 1.82) is 0 Å². The first kappa shape index (κ1) is 44.3. The molecule has 0 radical (unpaired) electrons. The number of allylic oxidation sites excluding steroid dienone is 2. The molecule has 0 aliphatic carbocycles. The molecule has 2 amide bonds. The van der Waals surface area contributed by atoms with Gasteiger partial charge >= 0.3 is 11.7 Å². The van der Waals surface area contributed by atoms with Crippen molar-refractivity contribution in [2.45, 2.75) is 83.6 Å². The summed E-state index contributed by atoms with van der Waals surface area (Å²) < 4.78 is 41.0. The Morgan fingerprint density at radius 2 is 1.66 bits per heavy atom. The molecular formula is C40H52N2O16. The van der Waals surface area contributed by atoms with Crippen LogP contribution in [0.15, 0.2) is 51.2 Å². The first-order valence-electron chi connectivity index (χ1n) is 18.6. The van der Waals surface area contributed by atoms with Gasteiger partial charge in [0.1, 0.15) is 23.2 Å². The number of aryl methyl sites for hydroxylation is 1. The van der Waals surface area contributed by atoms with Gasteiger partial charge in [0.2, 0.25) is 12.6 Å². The number of hydrogen-bond donors (Lipinski definition) is 8. The first-order valence-corrected chi connectivity index (χ1v) is 18.6. The molecular weight excluding hydrogens is 764 g/mol. The molecule has 9 atom stereocenters. The van der Waals surface area contributed by atoms with E-state index in [1.807, 2.05) is 19.9 Å². The average Bonchev–Trinajstić information content (AvgIpc) is 3.17. The summed E-state index contributed by atoms with van der Waals surface area (Å²) in [6, 6.07) is 7.06. The molecule has 2 saturated heterocycles. The second-order valence-corrected chi connectivity index (χ2v) is 15.1. The number of benzene rings is 2. The summed E-state index contributed by atoms with van der Waals surface area (Å²) >= 11 is 0. The summed E-state index contributed by atoms with van der Waals surface area (Å²) in [5.41, 5.74) is 4.16. The fourth-order valence-corrected chi connectivity index (χ4v) is 7.50. The zero-order valence-corrected chi connectivity index (χ0v) is 33.0. The van der Waals surface area contributed by atoms with Gasteiger partial charge in [-0.05, 0) is 76.9 Å². The van der Waals surface area contributed by atoms with Crippen LogP contribution in [0.3, 0.4) is 0 Å². The van der Waals surface area contributed by atoms with Crippen LogP contribution in [-0.4, -0.2) is 119 Å². The standard InChI is InChI=1S/C40H52N2O16/c1-18(2)7-8-20-13-21(9-11-26(20)47)35(49)42-29-32(56-37-25(16-45)23(14-43)24(15-44)28(17-46)54-37)22-10-12-27(19(3)31(22)55-36(29)50)53-38-30(48)33(57-39(41)51)34(52-6)40(4,5)58-38/h7,9-13,23-25,28,30,33-34,37-38,43-48H,8,14-17H2,1-6H3,(H2,41,51)(H,42,49)/t23-,24-,25+,28+,30+,33-,34+,37-,38+/m0/s1. The number of methoxy groups -OCH3 is 1. The fraction of sp³-hybridized carbons (Fsp3) is 0.525. The number of fused-ring (bicyclic) bond motifs is 1. The number of hydrogen-bond acceptors (Lipinski definition) is 16. The summed E-state index contributed by atoms with van der Waals surface area (Å²) in [7, 11) is 1.35. The Morgan fingerprint density at radius 3 is 2.26 bits per heavy atom. The Hall–Kier alpha value is -4.79. The number of aliphatic hydroxyl groups is 5. The largest absolute Gasteiger partial charge is 0.508 e. The van der Waals surface area contributed by atoms with E-state index in [9.17, 15) is 45.0 Å². The fourth-order valence-electron chi connectivity index (χ4n) is 7.50. The van der Waals surface area contributed by atoms with Crippen LogP contribution < -0.4 is 26.1 Å². The van der Waals surface area contributed by atoms with Crippen molar-refractivity contribution in [1.82, 2.24) is 0 Å². The second kappa shape index (κ2) is 18.4. The van der Waals surface area contributed by atoms with E-state index in [4.69, 9.17) is 38.6 Å². The molecule has 2 aromatic carbocycles. The molecule has 2 aliphatic heterocycles. The molecule has 0 spiro atoms. The van der Waals surface area contributed by atoms with E-state index >= 15 is 0 Å². The molecule has 58 heavy (non-hydrogen) atoms. The van der Waals surface area contributed by atoms with Crippen molar-refractivity contribution >= 4 is 28.7 Å². The summed E-state index contributed by atoms with van der Waals surface area (Å²) in [6.07, 6.45) is -6.77. The number of primary amides is 1. The van der Waals surface area contributed by atoms with Crippen molar-refractivity contribution in [3.63, 3.8) is 0 Å². The van der Waals surface area contributed by atoms with E-state index in [1.54, 1.807) is 13.8 Å². The number of nitrogens with two attached hydrogens (primary N) is 1. The van der Waals surface area contributed by atoms with Gasteiger partial charge in [0, 0.05) is 43.3 Å². The van der Waals surface area contributed by atoms with E-state index < -0.39 is 110 Å². The van der Waals surface area contributed by atoms with Crippen LogP contribution in [0.25, 0.3) is 11.0 Å². The minimum atomic E-state index is -1.60. The lowest BCUT2D eigenvalue weighted by atomic mass is 9.77. The number of ether oxygens (including phenoxy) is 6. The second-order valence-electron chi connectivity index (χ2n) is 15.1. The third-order valence-corrected chi connectivity index (χ3v) is 10.6. The molecule has 2 fully saturated rings. The molecule has 18 nitrogen and oxygen atoms in total. The molecule has 18 heteroatoms. The highest BCUT2D eigenvalue weighted by Crippen LogP contribution is 2.42. The van der Waals surface area contributed by atoms with Crippen LogP contribution in [0, 0.1) is 24.7 Å². The molecule has 1 aromatic heterocycles. The number of aromatic hydroxyl groups is 1. The highest BCUT2D eigenvalue weighted by atomic mass is 16.7. The quantitative estimate of drug-likeness (QED) is 0.0851. The molecule has 5 rings (SSSR count). The number of nitrogens with one attached hydrogen (secondary N) is 1. The highest BCUT2D eigenvalue weighted by molar-refractivity contribution is 6.07. The smallest absolute Gasteiger partial charge is 0.404 e. The number of phenolic OH excluding ortho intramolecular Hbond substituents is 1. The Morgan fingerprint density at radius 1 is 0.966 bits per heavy atom. The maximum atomic E-state index is 14.0. The lowest BCUT2D eigenvalue weighted by Gasteiger charge is -2.47. The number of aliphatic hydroxyl groups excluding tert-OH is 5. The topological polar surface area (TPSA) is 279 Å². The van der Waals surface area contributed by atoms with E-state index in [0.717, 1.165) is 5.57 Å². The lowest BCUT2D eigenvalue weighted by molar-refractivity contribution is -0.304. The van der Waals surface area contributed by atoms with Crippen molar-refractivity contribution in [3.8, 4) is 17.2 Å². The molecule has 2 aliphatic rings. The molecule has 3 heterocycles. The number of carbonyl (C=O) groups excluding carboxylic acids is 2. The minimum Gasteiger partial charge on any atom is -0.508 e. The van der Waals surface area contributed by atoms with Crippen LogP contribution in [0.1, 0.15) is 49.2 Å². The van der Waals surface area contributed by atoms with E-state index in [2.05, 4.69) is 5.32 Å². The van der Waals surface area contributed by atoms with Gasteiger partial charge in [0.15, 0.2) is 23.6 Å². The van der Waals surface area contributed by atoms with E-state index in [-0.39, 0.29) is 39.3 Å². The summed E-state index contributed by atoms with van der Waals surface area (Å²) in [6.45, 7) is 6.38. The van der Waals surface area contributed by atoms with E-state index in [0.29, 0.717) is 12.0 Å². The number of amides is 2. The summed E-state index contributed by atoms with van der Waals surface area (Å²) in [4.78, 5) is 39.5. The summed E-state index contributed by atoms with van der Waals surface area (Å²) in [5, 5.41) is 65.4. The zero-order valence-electron chi connectivity index (χ0n) is 33.0. The van der Waals surface area contributed by atoms with Crippen LogP contribution in [0.4, 0.5) is 10.5 Å². The normalized spacial score (nSPS) is 26.8. The Balaban J connectivity index is 1.61. The Labute approximate surface area is 333 Å². The van der Waals surface area contributed by atoms with Gasteiger partial charge in [-0.15, -0.1) is 0 Å². The number of carbonyl (C=O) groups is 2. The van der Waals surface area contributed by atoms with Crippen molar-refractivity contribution in [2.75, 3.05) is 38.9 Å². The number of phenols is 1. The predicted molar refractivity (Wildman–Crippen MR) is 205 cm³/mol.